The van der Waals surface area contributed by atoms with Crippen LogP contribution in [0.2, 0.25) is 0 Å². The number of ether oxygens (including phenoxy) is 1. The van der Waals surface area contributed by atoms with E-state index in [1.807, 2.05) is 48.7 Å². The average molecular weight is 509 g/mol. The highest BCUT2D eigenvalue weighted by Crippen LogP contribution is 2.43. The summed E-state index contributed by atoms with van der Waals surface area (Å²) in [5.41, 5.74) is 7.11. The van der Waals surface area contributed by atoms with Crippen LogP contribution in [0.1, 0.15) is 56.0 Å². The molecule has 3 aromatic heterocycles. The lowest BCUT2D eigenvalue weighted by molar-refractivity contribution is -0.139. The first kappa shape index (κ1) is 25.4. The summed E-state index contributed by atoms with van der Waals surface area (Å²) in [4.78, 5) is 21.3. The van der Waals surface area contributed by atoms with Crippen molar-refractivity contribution >= 4 is 28.3 Å². The van der Waals surface area contributed by atoms with E-state index in [1.54, 1.807) is 20.0 Å². The number of allylic oxidation sites excluding steroid dienone is 2. The maximum absolute atomic E-state index is 11.7. The van der Waals surface area contributed by atoms with Crippen LogP contribution in [0, 0.1) is 11.3 Å². The van der Waals surface area contributed by atoms with Gasteiger partial charge in [0.25, 0.3) is 0 Å². The summed E-state index contributed by atoms with van der Waals surface area (Å²) in [5.74, 6) is 0.281. The Bertz CT molecular complexity index is 1510. The first-order chi connectivity index (χ1) is 18.4. The number of hydrogen-bond acceptors (Lipinski definition) is 6. The number of hydrogen-bond donors (Lipinski definition) is 2. The molecule has 4 aromatic rings. The number of pyridine rings is 2. The largest absolute Gasteiger partial charge is 0.512 e. The van der Waals surface area contributed by atoms with Crippen LogP contribution in [0.15, 0.2) is 72.9 Å². The molecular formula is C31H32N4O3. The Balaban J connectivity index is 1.70. The number of fused-ring (bicyclic) bond motifs is 1. The van der Waals surface area contributed by atoms with Crippen LogP contribution in [0.25, 0.3) is 27.7 Å². The molecule has 1 fully saturated rings. The van der Waals surface area contributed by atoms with Gasteiger partial charge in [-0.1, -0.05) is 36.8 Å². The predicted octanol–water partition coefficient (Wildman–Crippen LogP) is 6.53. The van der Waals surface area contributed by atoms with Crippen LogP contribution in [0.5, 0.6) is 0 Å². The monoisotopic (exact) mass is 508 g/mol. The zero-order valence-electron chi connectivity index (χ0n) is 21.9. The van der Waals surface area contributed by atoms with Crippen molar-refractivity contribution in [1.29, 1.82) is 5.41 Å². The fourth-order valence-electron chi connectivity index (χ4n) is 5.36. The van der Waals surface area contributed by atoms with Gasteiger partial charge in [0.05, 0.1) is 42.1 Å². The fraction of sp³-hybridized carbons (Fsp3) is 0.290. The second kappa shape index (κ2) is 10.6. The Hall–Kier alpha value is -4.26. The van der Waals surface area contributed by atoms with E-state index in [0.717, 1.165) is 46.3 Å². The summed E-state index contributed by atoms with van der Waals surface area (Å²) >= 11 is 0. The Morgan fingerprint density at radius 2 is 1.92 bits per heavy atom. The van der Waals surface area contributed by atoms with Crippen LogP contribution in [-0.2, 0) is 16.0 Å². The van der Waals surface area contributed by atoms with Crippen molar-refractivity contribution in [1.82, 2.24) is 14.5 Å². The average Bonchev–Trinajstić information content (AvgIpc) is 3.25. The SMILES string of the molecule is COC(=O)Cc1ccc(-c2cn(C(c3ccccn3)C3CCC3)c3cc(/C(C(C)=N)=C(\C)O)cnc23)cc1. The molecule has 194 valence electrons. The number of methoxy groups -OCH3 is 1. The first-order valence-corrected chi connectivity index (χ1v) is 12.9. The summed E-state index contributed by atoms with van der Waals surface area (Å²) in [6.07, 6.45) is 9.41. The molecule has 0 radical (unpaired) electrons. The van der Waals surface area contributed by atoms with Crippen LogP contribution in [0.3, 0.4) is 0 Å². The van der Waals surface area contributed by atoms with Gasteiger partial charge in [0.1, 0.15) is 0 Å². The van der Waals surface area contributed by atoms with Gasteiger partial charge < -0.3 is 19.8 Å². The van der Waals surface area contributed by atoms with E-state index in [1.165, 1.54) is 13.5 Å². The van der Waals surface area contributed by atoms with Crippen LogP contribution in [-0.4, -0.2) is 38.4 Å². The zero-order valence-corrected chi connectivity index (χ0v) is 21.9. The second-order valence-electron chi connectivity index (χ2n) is 9.97. The molecule has 0 spiro atoms. The normalized spacial score (nSPS) is 15.0. The number of nitrogens with one attached hydrogen (secondary N) is 1. The van der Waals surface area contributed by atoms with Crippen molar-refractivity contribution in [3.63, 3.8) is 0 Å². The third kappa shape index (κ3) is 4.84. The van der Waals surface area contributed by atoms with Gasteiger partial charge in [-0.25, -0.2) is 0 Å². The van der Waals surface area contributed by atoms with Gasteiger partial charge in [0.2, 0.25) is 0 Å². The summed E-state index contributed by atoms with van der Waals surface area (Å²) < 4.78 is 7.08. The number of rotatable bonds is 8. The maximum atomic E-state index is 11.7. The van der Waals surface area contributed by atoms with Gasteiger partial charge in [-0.15, -0.1) is 0 Å². The quantitative estimate of drug-likeness (QED) is 0.160. The lowest BCUT2D eigenvalue weighted by Crippen LogP contribution is -2.26. The van der Waals surface area contributed by atoms with E-state index >= 15 is 0 Å². The van der Waals surface area contributed by atoms with Crippen molar-refractivity contribution in [2.75, 3.05) is 7.11 Å². The Labute approximate surface area is 222 Å². The second-order valence-corrected chi connectivity index (χ2v) is 9.97. The molecule has 0 aliphatic heterocycles. The van der Waals surface area contributed by atoms with E-state index in [2.05, 4.69) is 16.8 Å². The van der Waals surface area contributed by atoms with Gasteiger partial charge in [0, 0.05) is 41.0 Å². The lowest BCUT2D eigenvalue weighted by atomic mass is 9.78. The van der Waals surface area contributed by atoms with E-state index in [0.29, 0.717) is 17.1 Å². The molecule has 5 rings (SSSR count). The van der Waals surface area contributed by atoms with Crippen LogP contribution >= 0.6 is 0 Å². The minimum absolute atomic E-state index is 0.0422. The van der Waals surface area contributed by atoms with Gasteiger partial charge in [-0.2, -0.15) is 0 Å². The predicted molar refractivity (Wildman–Crippen MR) is 149 cm³/mol. The number of aliphatic hydroxyl groups is 1. The molecule has 2 N–H and O–H groups in total. The fourth-order valence-corrected chi connectivity index (χ4v) is 5.36. The molecule has 0 saturated heterocycles. The molecule has 1 saturated carbocycles. The molecule has 38 heavy (non-hydrogen) atoms. The molecule has 1 aliphatic carbocycles. The van der Waals surface area contributed by atoms with Crippen LogP contribution < -0.4 is 0 Å². The topological polar surface area (TPSA) is 101 Å². The van der Waals surface area contributed by atoms with Gasteiger partial charge in [-0.05, 0) is 61.9 Å². The minimum Gasteiger partial charge on any atom is -0.512 e. The lowest BCUT2D eigenvalue weighted by Gasteiger charge is -2.35. The van der Waals surface area contributed by atoms with Crippen molar-refractivity contribution in [3.8, 4) is 11.1 Å². The van der Waals surface area contributed by atoms with Crippen molar-refractivity contribution in [2.24, 2.45) is 5.92 Å². The highest BCUT2D eigenvalue weighted by Gasteiger charge is 2.32. The van der Waals surface area contributed by atoms with Gasteiger partial charge in [0.15, 0.2) is 0 Å². The smallest absolute Gasteiger partial charge is 0.309 e. The van der Waals surface area contributed by atoms with E-state index < -0.39 is 0 Å². The molecule has 1 aromatic carbocycles. The molecule has 3 heterocycles. The number of aliphatic hydroxyl groups excluding tert-OH is 1. The Kier molecular flexibility index (Phi) is 7.09. The Morgan fingerprint density at radius 1 is 1.16 bits per heavy atom. The maximum Gasteiger partial charge on any atom is 0.309 e. The summed E-state index contributed by atoms with van der Waals surface area (Å²) in [7, 11) is 1.39. The number of nitrogens with zero attached hydrogens (tertiary/aromatic N) is 3. The van der Waals surface area contributed by atoms with E-state index in [4.69, 9.17) is 20.1 Å². The third-order valence-corrected chi connectivity index (χ3v) is 7.42. The molecule has 1 atom stereocenters. The first-order valence-electron chi connectivity index (χ1n) is 12.9. The number of carbonyl (C=O) groups excluding carboxylic acids is 1. The summed E-state index contributed by atoms with van der Waals surface area (Å²) in [6, 6.07) is 16.0. The van der Waals surface area contributed by atoms with E-state index in [9.17, 15) is 9.90 Å². The Morgan fingerprint density at radius 3 is 2.50 bits per heavy atom. The molecule has 0 amide bonds. The van der Waals surface area contributed by atoms with Crippen molar-refractivity contribution in [3.05, 3.63) is 89.7 Å². The molecule has 1 aliphatic rings. The van der Waals surface area contributed by atoms with Crippen molar-refractivity contribution in [2.45, 2.75) is 45.6 Å². The standard InChI is InChI=1S/C31H32N4O3/c1-19(32)29(20(2)36)24-16-27-30(34-17-24)25(22-12-10-21(11-13-22)15-28(37)38-3)18-35(27)31(23-7-6-8-23)26-9-4-5-14-33-26/h4-5,9-14,16-18,23,31-32,36H,6-8,15H2,1-3H3/b29-20+,32-19?. The summed E-state index contributed by atoms with van der Waals surface area (Å²) in [6.45, 7) is 3.27. The number of esters is 1. The molecular weight excluding hydrogens is 476 g/mol. The van der Waals surface area contributed by atoms with E-state index in [-0.39, 0.29) is 29.9 Å². The third-order valence-electron chi connectivity index (χ3n) is 7.42. The number of benzene rings is 1. The number of aromatic nitrogens is 3. The van der Waals surface area contributed by atoms with Crippen LogP contribution in [0.4, 0.5) is 0 Å². The molecule has 0 bridgehead atoms. The van der Waals surface area contributed by atoms with Gasteiger partial charge in [-0.3, -0.25) is 14.8 Å². The van der Waals surface area contributed by atoms with Gasteiger partial charge >= 0.3 is 5.97 Å². The summed E-state index contributed by atoms with van der Waals surface area (Å²) in [5, 5.41) is 18.6. The zero-order chi connectivity index (χ0) is 26.8. The molecule has 1 unspecified atom stereocenters. The number of carbonyl (C=O) groups is 1. The van der Waals surface area contributed by atoms with Crippen molar-refractivity contribution < 1.29 is 14.6 Å². The molecule has 7 nitrogen and oxygen atoms in total. The highest BCUT2D eigenvalue weighted by atomic mass is 16.5. The minimum atomic E-state index is -0.272. The highest BCUT2D eigenvalue weighted by molar-refractivity contribution is 6.22. The molecule has 7 heteroatoms.